The minimum absolute atomic E-state index is 0.0496. The van der Waals surface area contributed by atoms with Crippen molar-refractivity contribution in [3.8, 4) is 0 Å². The number of aryl methyl sites for hydroxylation is 1. The Morgan fingerprint density at radius 1 is 1.44 bits per heavy atom. The summed E-state index contributed by atoms with van der Waals surface area (Å²) in [6.45, 7) is 6.84. The van der Waals surface area contributed by atoms with Gasteiger partial charge in [-0.2, -0.15) is 0 Å². The number of rotatable bonds is 4. The maximum absolute atomic E-state index is 9.38. The molecule has 18 heavy (non-hydrogen) atoms. The lowest BCUT2D eigenvalue weighted by Gasteiger charge is -2.34. The molecule has 0 saturated carbocycles. The molecule has 4 nitrogen and oxygen atoms in total. The molecule has 0 aromatic carbocycles. The Morgan fingerprint density at radius 2 is 2.17 bits per heavy atom. The van der Waals surface area contributed by atoms with E-state index in [9.17, 15) is 5.11 Å². The molecular formula is C14H22N2O2. The lowest BCUT2D eigenvalue weighted by Crippen LogP contribution is -2.37. The largest absolute Gasteiger partial charge is 0.392 e. The molecule has 2 rings (SSSR count). The highest BCUT2D eigenvalue weighted by molar-refractivity contribution is 5.53. The van der Waals surface area contributed by atoms with Crippen LogP contribution in [0.25, 0.3) is 0 Å². The van der Waals surface area contributed by atoms with Gasteiger partial charge in [-0.25, -0.2) is 0 Å². The summed E-state index contributed by atoms with van der Waals surface area (Å²) in [6, 6.07) is 2.06. The first-order chi connectivity index (χ1) is 8.74. The molecule has 0 bridgehead atoms. The summed E-state index contributed by atoms with van der Waals surface area (Å²) in [6.07, 6.45) is 4.28. The summed E-state index contributed by atoms with van der Waals surface area (Å²) in [5, 5.41) is 9.38. The monoisotopic (exact) mass is 250 g/mol. The van der Waals surface area contributed by atoms with Gasteiger partial charge in [0, 0.05) is 42.8 Å². The standard InChI is InChI=1S/C14H22N2O2/c1-3-18-13-4-6-16(7-5-13)14-8-11(2)15-9-12(14)10-17/h8-9,13,17H,3-7,10H2,1-2H3. The Balaban J connectivity index is 2.06. The van der Waals surface area contributed by atoms with Crippen LogP contribution in [0, 0.1) is 6.92 Å². The van der Waals surface area contributed by atoms with Gasteiger partial charge in [0.2, 0.25) is 0 Å². The fourth-order valence-corrected chi connectivity index (χ4v) is 2.49. The summed E-state index contributed by atoms with van der Waals surface area (Å²) in [5.41, 5.74) is 3.03. The minimum atomic E-state index is 0.0496. The number of hydrogen-bond acceptors (Lipinski definition) is 4. The molecule has 1 aromatic rings. The topological polar surface area (TPSA) is 45.6 Å². The molecule has 0 spiro atoms. The molecule has 0 unspecified atom stereocenters. The summed E-state index contributed by atoms with van der Waals surface area (Å²) in [4.78, 5) is 6.57. The van der Waals surface area contributed by atoms with Gasteiger partial charge in [-0.15, -0.1) is 0 Å². The molecule has 0 radical (unpaired) electrons. The molecule has 100 valence electrons. The van der Waals surface area contributed by atoms with Crippen LogP contribution in [-0.4, -0.2) is 35.9 Å². The van der Waals surface area contributed by atoms with Crippen LogP contribution in [0.2, 0.25) is 0 Å². The van der Waals surface area contributed by atoms with Crippen LogP contribution >= 0.6 is 0 Å². The van der Waals surface area contributed by atoms with Crippen molar-refractivity contribution in [2.75, 3.05) is 24.6 Å². The first-order valence-corrected chi connectivity index (χ1v) is 6.67. The summed E-state index contributed by atoms with van der Waals surface area (Å²) in [5.74, 6) is 0. The Morgan fingerprint density at radius 3 is 2.78 bits per heavy atom. The summed E-state index contributed by atoms with van der Waals surface area (Å²) < 4.78 is 5.66. The van der Waals surface area contributed by atoms with Crippen molar-refractivity contribution in [3.05, 3.63) is 23.5 Å². The number of anilines is 1. The highest BCUT2D eigenvalue weighted by Crippen LogP contribution is 2.25. The van der Waals surface area contributed by atoms with E-state index in [1.807, 2.05) is 13.8 Å². The van der Waals surface area contributed by atoms with Crippen LogP contribution in [0.5, 0.6) is 0 Å². The molecule has 1 aliphatic heterocycles. The SMILES string of the molecule is CCOC1CCN(c2cc(C)ncc2CO)CC1. The zero-order chi connectivity index (χ0) is 13.0. The number of aromatic nitrogens is 1. The molecule has 1 N–H and O–H groups in total. The van der Waals surface area contributed by atoms with Gasteiger partial charge in [0.05, 0.1) is 12.7 Å². The molecule has 0 atom stereocenters. The predicted molar refractivity (Wildman–Crippen MR) is 71.8 cm³/mol. The first kappa shape index (κ1) is 13.3. The fraction of sp³-hybridized carbons (Fsp3) is 0.643. The maximum atomic E-state index is 9.38. The fourth-order valence-electron chi connectivity index (χ4n) is 2.49. The number of piperidine rings is 1. The van der Waals surface area contributed by atoms with E-state index in [2.05, 4.69) is 16.0 Å². The molecule has 1 aliphatic rings. The second kappa shape index (κ2) is 6.16. The highest BCUT2D eigenvalue weighted by Gasteiger charge is 2.21. The molecular weight excluding hydrogens is 228 g/mol. The van der Waals surface area contributed by atoms with E-state index >= 15 is 0 Å². The van der Waals surface area contributed by atoms with E-state index in [4.69, 9.17) is 4.74 Å². The van der Waals surface area contributed by atoms with Crippen molar-refractivity contribution in [2.24, 2.45) is 0 Å². The normalized spacial score (nSPS) is 17.2. The van der Waals surface area contributed by atoms with Crippen molar-refractivity contribution in [1.29, 1.82) is 0 Å². The average Bonchev–Trinajstić information content (AvgIpc) is 2.40. The van der Waals surface area contributed by atoms with Crippen LogP contribution in [0.15, 0.2) is 12.3 Å². The van der Waals surface area contributed by atoms with Crippen molar-refractivity contribution in [2.45, 2.75) is 39.4 Å². The lowest BCUT2D eigenvalue weighted by molar-refractivity contribution is 0.0459. The molecule has 0 amide bonds. The van der Waals surface area contributed by atoms with Crippen LogP contribution in [0.3, 0.4) is 0 Å². The lowest BCUT2D eigenvalue weighted by atomic mass is 10.1. The van der Waals surface area contributed by atoms with Crippen LogP contribution in [0.1, 0.15) is 31.0 Å². The quantitative estimate of drug-likeness (QED) is 0.886. The van der Waals surface area contributed by atoms with E-state index in [0.717, 1.165) is 49.5 Å². The van der Waals surface area contributed by atoms with Crippen molar-refractivity contribution in [3.63, 3.8) is 0 Å². The zero-order valence-electron chi connectivity index (χ0n) is 11.2. The van der Waals surface area contributed by atoms with Gasteiger partial charge >= 0.3 is 0 Å². The van der Waals surface area contributed by atoms with Crippen molar-refractivity contribution < 1.29 is 9.84 Å². The smallest absolute Gasteiger partial charge is 0.0717 e. The van der Waals surface area contributed by atoms with E-state index in [0.29, 0.717) is 6.10 Å². The molecule has 1 saturated heterocycles. The third-order valence-electron chi connectivity index (χ3n) is 3.45. The number of aliphatic hydroxyl groups is 1. The van der Waals surface area contributed by atoms with Crippen molar-refractivity contribution in [1.82, 2.24) is 4.98 Å². The van der Waals surface area contributed by atoms with Gasteiger partial charge in [-0.1, -0.05) is 0 Å². The Bertz CT molecular complexity index is 387. The molecule has 0 aliphatic carbocycles. The molecule has 1 fully saturated rings. The van der Waals surface area contributed by atoms with Gasteiger partial charge in [0.25, 0.3) is 0 Å². The van der Waals surface area contributed by atoms with Gasteiger partial charge in [-0.05, 0) is 32.8 Å². The Hall–Kier alpha value is -1.13. The number of ether oxygens (including phenoxy) is 1. The van der Waals surface area contributed by atoms with E-state index in [1.165, 1.54) is 0 Å². The molecule has 2 heterocycles. The van der Waals surface area contributed by atoms with E-state index < -0.39 is 0 Å². The van der Waals surface area contributed by atoms with Gasteiger partial charge in [0.15, 0.2) is 0 Å². The number of hydrogen-bond donors (Lipinski definition) is 1. The van der Waals surface area contributed by atoms with E-state index in [1.54, 1.807) is 6.20 Å². The second-order valence-corrected chi connectivity index (χ2v) is 4.75. The van der Waals surface area contributed by atoms with Crippen LogP contribution in [-0.2, 0) is 11.3 Å². The molecule has 1 aromatic heterocycles. The van der Waals surface area contributed by atoms with Crippen LogP contribution in [0.4, 0.5) is 5.69 Å². The maximum Gasteiger partial charge on any atom is 0.0717 e. The van der Waals surface area contributed by atoms with Gasteiger partial charge in [0.1, 0.15) is 0 Å². The highest BCUT2D eigenvalue weighted by atomic mass is 16.5. The third kappa shape index (κ3) is 3.00. The summed E-state index contributed by atoms with van der Waals surface area (Å²) >= 11 is 0. The summed E-state index contributed by atoms with van der Waals surface area (Å²) in [7, 11) is 0. The van der Waals surface area contributed by atoms with Crippen LogP contribution < -0.4 is 4.90 Å². The van der Waals surface area contributed by atoms with E-state index in [-0.39, 0.29) is 6.61 Å². The Labute approximate surface area is 109 Å². The average molecular weight is 250 g/mol. The zero-order valence-corrected chi connectivity index (χ0v) is 11.2. The first-order valence-electron chi connectivity index (χ1n) is 6.67. The second-order valence-electron chi connectivity index (χ2n) is 4.75. The predicted octanol–water partition coefficient (Wildman–Crippen LogP) is 1.89. The van der Waals surface area contributed by atoms with Gasteiger partial charge in [-0.3, -0.25) is 4.98 Å². The van der Waals surface area contributed by atoms with Gasteiger partial charge < -0.3 is 14.7 Å². The number of pyridine rings is 1. The number of aliphatic hydroxyl groups excluding tert-OH is 1. The Kier molecular flexibility index (Phi) is 4.55. The molecule has 4 heteroatoms. The third-order valence-corrected chi connectivity index (χ3v) is 3.45. The number of nitrogens with zero attached hydrogens (tertiary/aromatic N) is 2. The van der Waals surface area contributed by atoms with Crippen molar-refractivity contribution >= 4 is 5.69 Å². The minimum Gasteiger partial charge on any atom is -0.392 e.